The van der Waals surface area contributed by atoms with Crippen LogP contribution in [0.2, 0.25) is 0 Å². The molecule has 1 atom stereocenters. The van der Waals surface area contributed by atoms with Crippen LogP contribution in [0.15, 0.2) is 11.5 Å². The van der Waals surface area contributed by atoms with Crippen LogP contribution >= 0.6 is 15.9 Å². The molecular formula is C4H5BrO2S. The molecule has 0 N–H and O–H groups in total. The molecule has 1 heterocycles. The van der Waals surface area contributed by atoms with E-state index < -0.39 is 9.84 Å². The molecule has 1 aliphatic heterocycles. The lowest BCUT2D eigenvalue weighted by molar-refractivity contribution is 0.607. The normalized spacial score (nSPS) is 33.4. The van der Waals surface area contributed by atoms with Crippen molar-refractivity contribution in [2.45, 2.75) is 4.83 Å². The van der Waals surface area contributed by atoms with Crippen molar-refractivity contribution in [1.82, 2.24) is 0 Å². The minimum Gasteiger partial charge on any atom is -0.224 e. The number of hydrogen-bond acceptors (Lipinski definition) is 2. The van der Waals surface area contributed by atoms with Gasteiger partial charge in [-0.3, -0.25) is 0 Å². The number of alkyl halides is 1. The fraction of sp³-hybridized carbons (Fsp3) is 0.500. The van der Waals surface area contributed by atoms with Gasteiger partial charge < -0.3 is 0 Å². The summed E-state index contributed by atoms with van der Waals surface area (Å²) >= 11 is 3.15. The standard InChI is InChI=1S/C4H5BrO2S/c5-4-1-2-8(6,7)3-4/h1-2,4H,3H2/t4-/m1/s1. The van der Waals surface area contributed by atoms with Crippen LogP contribution < -0.4 is 0 Å². The minimum absolute atomic E-state index is 0.0347. The van der Waals surface area contributed by atoms with E-state index in [0.29, 0.717) is 0 Å². The lowest BCUT2D eigenvalue weighted by atomic mass is 10.5. The molecule has 0 unspecified atom stereocenters. The van der Waals surface area contributed by atoms with E-state index in [2.05, 4.69) is 15.9 Å². The first-order valence-electron chi connectivity index (χ1n) is 2.15. The van der Waals surface area contributed by atoms with Gasteiger partial charge in [-0.15, -0.1) is 0 Å². The maximum atomic E-state index is 10.5. The van der Waals surface area contributed by atoms with Crippen molar-refractivity contribution in [2.24, 2.45) is 0 Å². The van der Waals surface area contributed by atoms with Gasteiger partial charge in [-0.05, 0) is 0 Å². The van der Waals surface area contributed by atoms with Crippen LogP contribution in [0.3, 0.4) is 0 Å². The molecule has 1 rings (SSSR count). The Bertz CT molecular complexity index is 204. The molecule has 0 aliphatic carbocycles. The molecule has 4 heteroatoms. The summed E-state index contributed by atoms with van der Waals surface area (Å²) in [6.07, 6.45) is 1.63. The molecule has 0 bridgehead atoms. The Balaban J connectivity index is 2.89. The van der Waals surface area contributed by atoms with Gasteiger partial charge in [0.2, 0.25) is 0 Å². The Labute approximate surface area is 56.6 Å². The predicted octanol–water partition coefficient (Wildman–Crippen LogP) is 0.692. The second-order valence-electron chi connectivity index (χ2n) is 1.67. The summed E-state index contributed by atoms with van der Waals surface area (Å²) in [6, 6.07) is 0. The molecule has 8 heavy (non-hydrogen) atoms. The van der Waals surface area contributed by atoms with Crippen molar-refractivity contribution in [3.8, 4) is 0 Å². The Hall–Kier alpha value is 0.170. The Morgan fingerprint density at radius 1 is 1.62 bits per heavy atom. The summed E-state index contributed by atoms with van der Waals surface area (Å²) in [7, 11) is -2.82. The van der Waals surface area contributed by atoms with E-state index in [4.69, 9.17) is 0 Å². The van der Waals surface area contributed by atoms with Gasteiger partial charge in [0.15, 0.2) is 9.84 Å². The molecule has 0 fully saturated rings. The summed E-state index contributed by atoms with van der Waals surface area (Å²) in [5, 5.41) is 1.24. The highest BCUT2D eigenvalue weighted by molar-refractivity contribution is 9.09. The second kappa shape index (κ2) is 1.84. The Morgan fingerprint density at radius 3 is 2.38 bits per heavy atom. The molecule has 0 aromatic carbocycles. The maximum Gasteiger partial charge on any atom is 0.172 e. The largest absolute Gasteiger partial charge is 0.224 e. The van der Waals surface area contributed by atoms with Crippen LogP contribution in [0.4, 0.5) is 0 Å². The molecule has 0 saturated carbocycles. The molecule has 0 spiro atoms. The first-order chi connectivity index (χ1) is 3.60. The average molecular weight is 197 g/mol. The second-order valence-corrected chi connectivity index (χ2v) is 4.78. The third-order valence-electron chi connectivity index (χ3n) is 0.886. The summed E-state index contributed by atoms with van der Waals surface area (Å²) in [6.45, 7) is 0. The van der Waals surface area contributed by atoms with Crippen molar-refractivity contribution in [3.05, 3.63) is 11.5 Å². The summed E-state index contributed by atoms with van der Waals surface area (Å²) < 4.78 is 21.0. The van der Waals surface area contributed by atoms with E-state index >= 15 is 0 Å². The van der Waals surface area contributed by atoms with Crippen molar-refractivity contribution in [2.75, 3.05) is 5.75 Å². The Kier molecular flexibility index (Phi) is 1.45. The maximum absolute atomic E-state index is 10.5. The molecule has 0 radical (unpaired) electrons. The quantitative estimate of drug-likeness (QED) is 0.535. The zero-order valence-electron chi connectivity index (χ0n) is 4.04. The SMILES string of the molecule is O=S1(=O)C=C[C@@H](Br)C1. The van der Waals surface area contributed by atoms with Gasteiger partial charge in [0.05, 0.1) is 5.75 Å². The zero-order chi connectivity index (χ0) is 6.20. The predicted molar refractivity (Wildman–Crippen MR) is 35.6 cm³/mol. The van der Waals surface area contributed by atoms with Gasteiger partial charge in [0.1, 0.15) is 0 Å². The third kappa shape index (κ3) is 1.32. The van der Waals surface area contributed by atoms with Crippen molar-refractivity contribution < 1.29 is 8.42 Å². The van der Waals surface area contributed by atoms with Crippen LogP contribution in [0, 0.1) is 0 Å². The number of rotatable bonds is 0. The monoisotopic (exact) mass is 196 g/mol. The van der Waals surface area contributed by atoms with E-state index in [1.54, 1.807) is 6.08 Å². The van der Waals surface area contributed by atoms with Crippen LogP contribution in [-0.4, -0.2) is 19.0 Å². The third-order valence-corrected chi connectivity index (χ3v) is 3.34. The van der Waals surface area contributed by atoms with E-state index in [-0.39, 0.29) is 10.6 Å². The fourth-order valence-electron chi connectivity index (χ4n) is 0.538. The lowest BCUT2D eigenvalue weighted by Gasteiger charge is -1.88. The number of hydrogen-bond donors (Lipinski definition) is 0. The number of sulfone groups is 1. The first kappa shape index (κ1) is 6.29. The van der Waals surface area contributed by atoms with Crippen LogP contribution in [-0.2, 0) is 9.84 Å². The smallest absolute Gasteiger partial charge is 0.172 e. The lowest BCUT2D eigenvalue weighted by Crippen LogP contribution is -2.02. The average Bonchev–Trinajstić information content (AvgIpc) is 1.82. The number of halogens is 1. The van der Waals surface area contributed by atoms with Crippen molar-refractivity contribution in [1.29, 1.82) is 0 Å². The van der Waals surface area contributed by atoms with E-state index in [1.807, 2.05) is 0 Å². The van der Waals surface area contributed by atoms with E-state index in [1.165, 1.54) is 5.41 Å². The van der Waals surface area contributed by atoms with Crippen LogP contribution in [0.5, 0.6) is 0 Å². The molecule has 46 valence electrons. The van der Waals surface area contributed by atoms with Crippen LogP contribution in [0.1, 0.15) is 0 Å². The van der Waals surface area contributed by atoms with Gasteiger partial charge in [-0.2, -0.15) is 0 Å². The van der Waals surface area contributed by atoms with Gasteiger partial charge in [-0.25, -0.2) is 8.42 Å². The molecule has 2 nitrogen and oxygen atoms in total. The highest BCUT2D eigenvalue weighted by Crippen LogP contribution is 2.14. The van der Waals surface area contributed by atoms with E-state index in [9.17, 15) is 8.42 Å². The molecule has 0 saturated heterocycles. The van der Waals surface area contributed by atoms with Crippen LogP contribution in [0.25, 0.3) is 0 Å². The molecule has 0 amide bonds. The summed E-state index contributed by atoms with van der Waals surface area (Å²) in [5.41, 5.74) is 0. The molecular weight excluding hydrogens is 192 g/mol. The fourth-order valence-corrected chi connectivity index (χ4v) is 3.09. The van der Waals surface area contributed by atoms with Gasteiger partial charge in [0.25, 0.3) is 0 Å². The molecule has 0 aromatic heterocycles. The van der Waals surface area contributed by atoms with E-state index in [0.717, 1.165) is 0 Å². The van der Waals surface area contributed by atoms with Gasteiger partial charge in [-0.1, -0.05) is 22.0 Å². The topological polar surface area (TPSA) is 34.1 Å². The number of allylic oxidation sites excluding steroid dienone is 1. The summed E-state index contributed by atoms with van der Waals surface area (Å²) in [4.78, 5) is 0.0347. The van der Waals surface area contributed by atoms with Crippen molar-refractivity contribution >= 4 is 25.8 Å². The Morgan fingerprint density at radius 2 is 2.25 bits per heavy atom. The van der Waals surface area contributed by atoms with Gasteiger partial charge >= 0.3 is 0 Å². The first-order valence-corrected chi connectivity index (χ1v) is 4.78. The zero-order valence-corrected chi connectivity index (χ0v) is 6.44. The van der Waals surface area contributed by atoms with Crippen molar-refractivity contribution in [3.63, 3.8) is 0 Å². The highest BCUT2D eigenvalue weighted by Gasteiger charge is 2.17. The van der Waals surface area contributed by atoms with Gasteiger partial charge in [0, 0.05) is 10.2 Å². The minimum atomic E-state index is -2.82. The highest BCUT2D eigenvalue weighted by atomic mass is 79.9. The molecule has 1 aliphatic rings. The summed E-state index contributed by atoms with van der Waals surface area (Å²) in [5.74, 6) is 0.215. The molecule has 0 aromatic rings.